The van der Waals surface area contributed by atoms with E-state index in [-0.39, 0.29) is 11.5 Å². The Bertz CT molecular complexity index is 874. The molecule has 1 fully saturated rings. The number of piperazine rings is 1. The number of amides is 2. The molecule has 2 aromatic rings. The third-order valence-corrected chi connectivity index (χ3v) is 5.02. The van der Waals surface area contributed by atoms with Crippen LogP contribution in [0, 0.1) is 11.6 Å². The zero-order valence-corrected chi connectivity index (χ0v) is 16.7. The van der Waals surface area contributed by atoms with Crippen molar-refractivity contribution in [2.45, 2.75) is 12.8 Å². The van der Waals surface area contributed by atoms with Crippen LogP contribution in [0.2, 0.25) is 0 Å². The Balaban J connectivity index is 1.35. The molecule has 158 valence electrons. The van der Waals surface area contributed by atoms with Gasteiger partial charge in [-0.1, -0.05) is 24.3 Å². The molecule has 1 N–H and O–H groups in total. The number of anilines is 1. The highest BCUT2D eigenvalue weighted by Gasteiger charge is 2.20. The monoisotopic (exact) mass is 413 g/mol. The highest BCUT2D eigenvalue weighted by molar-refractivity contribution is 5.91. The van der Waals surface area contributed by atoms with Crippen molar-refractivity contribution >= 4 is 23.6 Å². The summed E-state index contributed by atoms with van der Waals surface area (Å²) < 4.78 is 27.1. The van der Waals surface area contributed by atoms with E-state index in [0.29, 0.717) is 32.5 Å². The fourth-order valence-corrected chi connectivity index (χ4v) is 3.35. The quantitative estimate of drug-likeness (QED) is 0.560. The predicted molar refractivity (Wildman–Crippen MR) is 113 cm³/mol. The number of hydrogen-bond donors (Lipinski definition) is 1. The van der Waals surface area contributed by atoms with Gasteiger partial charge >= 0.3 is 0 Å². The van der Waals surface area contributed by atoms with E-state index in [1.807, 2.05) is 23.1 Å². The first kappa shape index (κ1) is 21.5. The SMILES string of the molecule is O=C(/C=C/c1c(F)cccc1F)NCCCC(=O)N1CCN(c2ccccc2)CC1. The molecule has 0 spiro atoms. The average Bonchev–Trinajstić information content (AvgIpc) is 2.77. The molecule has 2 amide bonds. The lowest BCUT2D eigenvalue weighted by atomic mass is 10.2. The highest BCUT2D eigenvalue weighted by Crippen LogP contribution is 2.16. The molecule has 0 unspecified atom stereocenters. The van der Waals surface area contributed by atoms with Gasteiger partial charge in [0.05, 0.1) is 0 Å². The van der Waals surface area contributed by atoms with Crippen LogP contribution < -0.4 is 10.2 Å². The molecule has 1 saturated heterocycles. The van der Waals surface area contributed by atoms with Crippen LogP contribution in [-0.4, -0.2) is 49.4 Å². The van der Waals surface area contributed by atoms with Crippen molar-refractivity contribution < 1.29 is 18.4 Å². The zero-order valence-electron chi connectivity index (χ0n) is 16.7. The van der Waals surface area contributed by atoms with Crippen LogP contribution in [-0.2, 0) is 9.59 Å². The maximum Gasteiger partial charge on any atom is 0.244 e. The van der Waals surface area contributed by atoms with Gasteiger partial charge in [-0.2, -0.15) is 0 Å². The van der Waals surface area contributed by atoms with Crippen molar-refractivity contribution in [3.63, 3.8) is 0 Å². The summed E-state index contributed by atoms with van der Waals surface area (Å²) in [7, 11) is 0. The molecule has 30 heavy (non-hydrogen) atoms. The fraction of sp³-hybridized carbons (Fsp3) is 0.304. The van der Waals surface area contributed by atoms with E-state index >= 15 is 0 Å². The van der Waals surface area contributed by atoms with E-state index in [0.717, 1.165) is 43.1 Å². The maximum absolute atomic E-state index is 13.5. The van der Waals surface area contributed by atoms with Crippen molar-refractivity contribution in [1.29, 1.82) is 0 Å². The standard InChI is InChI=1S/C23H25F2N3O2/c24-20-8-4-9-21(25)19(20)11-12-22(29)26-13-5-10-23(30)28-16-14-27(15-17-28)18-6-2-1-3-7-18/h1-4,6-9,11-12H,5,10,13-17H2,(H,26,29)/b12-11+. The molecule has 0 aliphatic carbocycles. The lowest BCUT2D eigenvalue weighted by Gasteiger charge is -2.36. The lowest BCUT2D eigenvalue weighted by Crippen LogP contribution is -2.48. The Labute approximate surface area is 175 Å². The number of benzene rings is 2. The van der Waals surface area contributed by atoms with Crippen LogP contribution in [0.5, 0.6) is 0 Å². The van der Waals surface area contributed by atoms with E-state index in [9.17, 15) is 18.4 Å². The molecular formula is C23H25F2N3O2. The van der Waals surface area contributed by atoms with Gasteiger partial charge in [-0.25, -0.2) is 8.78 Å². The molecule has 3 rings (SSSR count). The van der Waals surface area contributed by atoms with Crippen molar-refractivity contribution in [2.75, 3.05) is 37.6 Å². The van der Waals surface area contributed by atoms with E-state index in [2.05, 4.69) is 22.3 Å². The Kier molecular flexibility index (Phi) is 7.54. The molecule has 0 radical (unpaired) electrons. The fourth-order valence-electron chi connectivity index (χ4n) is 3.35. The first-order valence-electron chi connectivity index (χ1n) is 10.0. The van der Waals surface area contributed by atoms with Crippen LogP contribution in [0.3, 0.4) is 0 Å². The van der Waals surface area contributed by atoms with E-state index < -0.39 is 17.5 Å². The van der Waals surface area contributed by atoms with Crippen molar-refractivity contribution in [3.8, 4) is 0 Å². The number of halogens is 2. The summed E-state index contributed by atoms with van der Waals surface area (Å²) in [5.74, 6) is -1.84. The molecule has 1 aliphatic rings. The molecule has 0 bridgehead atoms. The Hall–Kier alpha value is -3.22. The van der Waals surface area contributed by atoms with Gasteiger partial charge in [0.1, 0.15) is 11.6 Å². The molecule has 1 aliphatic heterocycles. The number of para-hydroxylation sites is 1. The molecule has 1 heterocycles. The number of nitrogens with zero attached hydrogens (tertiary/aromatic N) is 2. The number of carbonyl (C=O) groups excluding carboxylic acids is 2. The number of nitrogens with one attached hydrogen (secondary N) is 1. The second-order valence-electron chi connectivity index (χ2n) is 7.07. The summed E-state index contributed by atoms with van der Waals surface area (Å²) in [6.07, 6.45) is 3.05. The molecule has 0 atom stereocenters. The van der Waals surface area contributed by atoms with Crippen LogP contribution in [0.4, 0.5) is 14.5 Å². The molecule has 2 aromatic carbocycles. The van der Waals surface area contributed by atoms with Crippen molar-refractivity contribution in [3.05, 3.63) is 71.8 Å². The Morgan fingerprint density at radius 3 is 2.27 bits per heavy atom. The van der Waals surface area contributed by atoms with Crippen LogP contribution >= 0.6 is 0 Å². The number of hydrogen-bond acceptors (Lipinski definition) is 3. The molecule has 0 saturated carbocycles. The lowest BCUT2D eigenvalue weighted by molar-refractivity contribution is -0.131. The average molecular weight is 413 g/mol. The zero-order chi connectivity index (χ0) is 21.3. The van der Waals surface area contributed by atoms with E-state index in [4.69, 9.17) is 0 Å². The molecule has 7 heteroatoms. The normalized spacial score (nSPS) is 14.2. The third kappa shape index (κ3) is 5.89. The molecular weight excluding hydrogens is 388 g/mol. The minimum Gasteiger partial charge on any atom is -0.368 e. The predicted octanol–water partition coefficient (Wildman–Crippen LogP) is 3.22. The number of rotatable bonds is 7. The van der Waals surface area contributed by atoms with Gasteiger partial charge in [0.2, 0.25) is 11.8 Å². The first-order chi connectivity index (χ1) is 14.5. The maximum atomic E-state index is 13.5. The first-order valence-corrected chi connectivity index (χ1v) is 10.0. The smallest absolute Gasteiger partial charge is 0.244 e. The second-order valence-corrected chi connectivity index (χ2v) is 7.07. The summed E-state index contributed by atoms with van der Waals surface area (Å²) in [4.78, 5) is 28.3. The molecule has 0 aromatic heterocycles. The van der Waals surface area contributed by atoms with Crippen molar-refractivity contribution in [2.24, 2.45) is 0 Å². The summed E-state index contributed by atoms with van der Waals surface area (Å²) in [6, 6.07) is 13.6. The van der Waals surface area contributed by atoms with Crippen molar-refractivity contribution in [1.82, 2.24) is 10.2 Å². The van der Waals surface area contributed by atoms with Gasteiger partial charge in [0.25, 0.3) is 0 Å². The van der Waals surface area contributed by atoms with Gasteiger partial charge < -0.3 is 15.1 Å². The van der Waals surface area contributed by atoms with Gasteiger partial charge in [-0.3, -0.25) is 9.59 Å². The number of carbonyl (C=O) groups is 2. The summed E-state index contributed by atoms with van der Waals surface area (Å²) >= 11 is 0. The largest absolute Gasteiger partial charge is 0.368 e. The summed E-state index contributed by atoms with van der Waals surface area (Å²) in [5.41, 5.74) is 0.910. The summed E-state index contributed by atoms with van der Waals surface area (Å²) in [6.45, 7) is 3.26. The van der Waals surface area contributed by atoms with Gasteiger partial charge in [-0.15, -0.1) is 0 Å². The minimum absolute atomic E-state index is 0.0703. The van der Waals surface area contributed by atoms with Crippen LogP contribution in [0.25, 0.3) is 6.08 Å². The molecule has 5 nitrogen and oxygen atoms in total. The van der Waals surface area contributed by atoms with Gasteiger partial charge in [0, 0.05) is 56.5 Å². The van der Waals surface area contributed by atoms with E-state index in [1.165, 1.54) is 6.07 Å². The third-order valence-electron chi connectivity index (χ3n) is 5.02. The summed E-state index contributed by atoms with van der Waals surface area (Å²) in [5, 5.41) is 2.63. The van der Waals surface area contributed by atoms with Crippen LogP contribution in [0.1, 0.15) is 18.4 Å². The van der Waals surface area contributed by atoms with E-state index in [1.54, 1.807) is 0 Å². The Morgan fingerprint density at radius 2 is 1.60 bits per heavy atom. The van der Waals surface area contributed by atoms with Crippen LogP contribution in [0.15, 0.2) is 54.6 Å². The topological polar surface area (TPSA) is 52.7 Å². The minimum atomic E-state index is -0.725. The Morgan fingerprint density at radius 1 is 0.933 bits per heavy atom. The highest BCUT2D eigenvalue weighted by atomic mass is 19.1. The second kappa shape index (κ2) is 10.5. The van der Waals surface area contributed by atoms with Gasteiger partial charge in [0.15, 0.2) is 0 Å². The van der Waals surface area contributed by atoms with Gasteiger partial charge in [-0.05, 0) is 36.8 Å².